The molecule has 0 radical (unpaired) electrons. The standard InChI is InChI=1S/C5H7NO3/c1-4(9)6-5(2-7)3-8/h2,8H,3H2,1H3/b6-5+. The van der Waals surface area contributed by atoms with Gasteiger partial charge in [0.1, 0.15) is 5.71 Å². The molecule has 1 amide bonds. The zero-order chi connectivity index (χ0) is 7.28. The van der Waals surface area contributed by atoms with Gasteiger partial charge in [-0.3, -0.25) is 9.59 Å². The first-order chi connectivity index (χ1) is 4.20. The number of aliphatic imine (C=N–C) groups is 1. The van der Waals surface area contributed by atoms with Crippen LogP contribution in [0.1, 0.15) is 6.92 Å². The van der Waals surface area contributed by atoms with E-state index < -0.39 is 12.5 Å². The van der Waals surface area contributed by atoms with Gasteiger partial charge in [0.25, 0.3) is 0 Å². The average molecular weight is 129 g/mol. The maximum atomic E-state index is 10.1. The second-order valence-electron chi connectivity index (χ2n) is 1.40. The Balaban J connectivity index is 4.07. The summed E-state index contributed by atoms with van der Waals surface area (Å²) in [6, 6.07) is 0. The van der Waals surface area contributed by atoms with E-state index in [0.29, 0.717) is 6.29 Å². The summed E-state index contributed by atoms with van der Waals surface area (Å²) in [5, 5.41) is 8.26. The monoisotopic (exact) mass is 129 g/mol. The lowest BCUT2D eigenvalue weighted by atomic mass is 10.4. The Morgan fingerprint density at radius 3 is 2.44 bits per heavy atom. The third-order valence-corrected chi connectivity index (χ3v) is 0.599. The molecule has 50 valence electrons. The SMILES string of the molecule is CC(=O)/N=C(\C=O)CO. The second-order valence-corrected chi connectivity index (χ2v) is 1.40. The number of rotatable bonds is 2. The van der Waals surface area contributed by atoms with Crippen LogP contribution in [0.25, 0.3) is 0 Å². The molecular formula is C5H7NO3. The molecule has 0 aromatic rings. The predicted octanol–water partition coefficient (Wildman–Crippen LogP) is -0.835. The number of hydrogen-bond acceptors (Lipinski definition) is 3. The molecule has 0 aliphatic heterocycles. The van der Waals surface area contributed by atoms with E-state index in [2.05, 4.69) is 4.99 Å². The summed E-state index contributed by atoms with van der Waals surface area (Å²) in [6.45, 7) is 0.724. The van der Waals surface area contributed by atoms with E-state index in [0.717, 1.165) is 0 Å². The van der Waals surface area contributed by atoms with Crippen LogP contribution in [-0.4, -0.2) is 29.6 Å². The summed E-state index contributed by atoms with van der Waals surface area (Å²) >= 11 is 0. The van der Waals surface area contributed by atoms with E-state index in [-0.39, 0.29) is 5.71 Å². The first-order valence-corrected chi connectivity index (χ1v) is 2.35. The number of carbonyl (C=O) groups excluding carboxylic acids is 2. The van der Waals surface area contributed by atoms with Gasteiger partial charge in [-0.2, -0.15) is 0 Å². The summed E-state index contributed by atoms with van der Waals surface area (Å²) in [7, 11) is 0. The van der Waals surface area contributed by atoms with E-state index in [1.165, 1.54) is 6.92 Å². The highest BCUT2D eigenvalue weighted by atomic mass is 16.3. The number of aliphatic hydroxyl groups excluding tert-OH is 1. The van der Waals surface area contributed by atoms with Crippen LogP contribution in [0.5, 0.6) is 0 Å². The fraction of sp³-hybridized carbons (Fsp3) is 0.400. The maximum Gasteiger partial charge on any atom is 0.242 e. The minimum atomic E-state index is -0.483. The molecule has 0 aromatic heterocycles. The normalized spacial score (nSPS) is 11.1. The quantitative estimate of drug-likeness (QED) is 0.390. The highest BCUT2D eigenvalue weighted by molar-refractivity contribution is 6.30. The van der Waals surface area contributed by atoms with Crippen molar-refractivity contribution in [3.05, 3.63) is 0 Å². The number of carbonyl (C=O) groups is 2. The zero-order valence-corrected chi connectivity index (χ0v) is 5.00. The third kappa shape index (κ3) is 3.54. The van der Waals surface area contributed by atoms with Crippen LogP contribution in [0.2, 0.25) is 0 Å². The van der Waals surface area contributed by atoms with Crippen molar-refractivity contribution >= 4 is 17.9 Å². The van der Waals surface area contributed by atoms with E-state index in [1.54, 1.807) is 0 Å². The van der Waals surface area contributed by atoms with Gasteiger partial charge in [-0.05, 0) is 0 Å². The summed E-state index contributed by atoms with van der Waals surface area (Å²) in [5.74, 6) is -0.480. The molecule has 0 rings (SSSR count). The molecule has 0 bridgehead atoms. The minimum Gasteiger partial charge on any atom is -0.390 e. The van der Waals surface area contributed by atoms with Gasteiger partial charge >= 0.3 is 0 Å². The van der Waals surface area contributed by atoms with Crippen molar-refractivity contribution in [1.29, 1.82) is 0 Å². The van der Waals surface area contributed by atoms with Crippen molar-refractivity contribution in [3.63, 3.8) is 0 Å². The van der Waals surface area contributed by atoms with E-state index in [9.17, 15) is 9.59 Å². The molecule has 0 aromatic carbocycles. The van der Waals surface area contributed by atoms with E-state index >= 15 is 0 Å². The maximum absolute atomic E-state index is 10.1. The van der Waals surface area contributed by atoms with E-state index in [4.69, 9.17) is 5.11 Å². The fourth-order valence-corrected chi connectivity index (χ4v) is 0.301. The first kappa shape index (κ1) is 7.97. The van der Waals surface area contributed by atoms with Crippen LogP contribution >= 0.6 is 0 Å². The van der Waals surface area contributed by atoms with Gasteiger partial charge in [-0.15, -0.1) is 0 Å². The van der Waals surface area contributed by atoms with E-state index in [1.807, 2.05) is 0 Å². The van der Waals surface area contributed by atoms with Gasteiger partial charge in [0, 0.05) is 6.92 Å². The lowest BCUT2D eigenvalue weighted by molar-refractivity contribution is -0.116. The fourth-order valence-electron chi connectivity index (χ4n) is 0.301. The molecule has 0 saturated heterocycles. The summed E-state index contributed by atoms with van der Waals surface area (Å²) in [6.07, 6.45) is 0.349. The lowest BCUT2D eigenvalue weighted by Gasteiger charge is -1.86. The smallest absolute Gasteiger partial charge is 0.242 e. The van der Waals surface area contributed by atoms with Crippen LogP contribution < -0.4 is 0 Å². The van der Waals surface area contributed by atoms with Crippen LogP contribution in [0.4, 0.5) is 0 Å². The number of aldehydes is 1. The van der Waals surface area contributed by atoms with Gasteiger partial charge in [0.15, 0.2) is 6.29 Å². The molecule has 0 aliphatic carbocycles. The molecule has 4 nitrogen and oxygen atoms in total. The minimum absolute atomic E-state index is 0.137. The molecular weight excluding hydrogens is 122 g/mol. The van der Waals surface area contributed by atoms with Crippen molar-refractivity contribution in [2.24, 2.45) is 4.99 Å². The molecule has 1 N–H and O–H groups in total. The Hall–Kier alpha value is -1.03. The summed E-state index contributed by atoms with van der Waals surface area (Å²) in [4.78, 5) is 23.1. The summed E-state index contributed by atoms with van der Waals surface area (Å²) < 4.78 is 0. The lowest BCUT2D eigenvalue weighted by Crippen LogP contribution is -2.07. The van der Waals surface area contributed by atoms with Crippen LogP contribution in [-0.2, 0) is 9.59 Å². The Morgan fingerprint density at radius 1 is 1.78 bits per heavy atom. The Morgan fingerprint density at radius 2 is 2.33 bits per heavy atom. The number of aliphatic hydroxyl groups is 1. The molecule has 0 heterocycles. The van der Waals surface area contributed by atoms with Crippen molar-refractivity contribution in [1.82, 2.24) is 0 Å². The van der Waals surface area contributed by atoms with Gasteiger partial charge in [-0.1, -0.05) is 0 Å². The number of amides is 1. The number of hydrogen-bond donors (Lipinski definition) is 1. The molecule has 0 atom stereocenters. The molecule has 0 unspecified atom stereocenters. The molecule has 0 aliphatic rings. The van der Waals surface area contributed by atoms with Gasteiger partial charge in [0.05, 0.1) is 6.61 Å². The molecule has 9 heavy (non-hydrogen) atoms. The van der Waals surface area contributed by atoms with Crippen LogP contribution in [0.3, 0.4) is 0 Å². The van der Waals surface area contributed by atoms with Crippen molar-refractivity contribution < 1.29 is 14.7 Å². The molecule has 0 saturated carbocycles. The van der Waals surface area contributed by atoms with Crippen molar-refractivity contribution in [2.75, 3.05) is 6.61 Å². The second kappa shape index (κ2) is 3.91. The zero-order valence-electron chi connectivity index (χ0n) is 5.00. The summed E-state index contributed by atoms with van der Waals surface area (Å²) in [5.41, 5.74) is -0.137. The first-order valence-electron chi connectivity index (χ1n) is 2.35. The van der Waals surface area contributed by atoms with Crippen LogP contribution in [0.15, 0.2) is 4.99 Å². The van der Waals surface area contributed by atoms with Crippen molar-refractivity contribution in [2.45, 2.75) is 6.92 Å². The highest BCUT2D eigenvalue weighted by Gasteiger charge is 1.94. The Kier molecular flexibility index (Phi) is 3.46. The molecule has 0 fully saturated rings. The molecule has 0 spiro atoms. The molecule has 4 heteroatoms. The Bertz CT molecular complexity index is 150. The van der Waals surface area contributed by atoms with Gasteiger partial charge in [0.2, 0.25) is 5.91 Å². The van der Waals surface area contributed by atoms with Crippen LogP contribution in [0, 0.1) is 0 Å². The average Bonchev–Trinajstić information content (AvgIpc) is 1.82. The third-order valence-electron chi connectivity index (χ3n) is 0.599. The topological polar surface area (TPSA) is 66.7 Å². The van der Waals surface area contributed by atoms with Crippen molar-refractivity contribution in [3.8, 4) is 0 Å². The predicted molar refractivity (Wildman–Crippen MR) is 31.3 cm³/mol. The largest absolute Gasteiger partial charge is 0.390 e. The number of nitrogens with zero attached hydrogens (tertiary/aromatic N) is 1. The highest BCUT2D eigenvalue weighted by Crippen LogP contribution is 1.74. The Labute approximate surface area is 52.2 Å². The van der Waals surface area contributed by atoms with Gasteiger partial charge in [-0.25, -0.2) is 4.99 Å². The van der Waals surface area contributed by atoms with Gasteiger partial charge < -0.3 is 5.11 Å².